The first-order chi connectivity index (χ1) is 13.9. The maximum atomic E-state index is 13.1. The van der Waals surface area contributed by atoms with Crippen molar-refractivity contribution >= 4 is 23.1 Å². The Balaban J connectivity index is 1.69. The summed E-state index contributed by atoms with van der Waals surface area (Å²) in [6.45, 7) is 6.33. The average Bonchev–Trinajstić information content (AvgIpc) is 3.19. The summed E-state index contributed by atoms with van der Waals surface area (Å²) >= 11 is 1.57. The zero-order valence-electron chi connectivity index (χ0n) is 17.0. The van der Waals surface area contributed by atoms with Gasteiger partial charge in [-0.05, 0) is 35.8 Å². The first kappa shape index (κ1) is 19.6. The van der Waals surface area contributed by atoms with Gasteiger partial charge < -0.3 is 10.1 Å². The first-order valence-electron chi connectivity index (χ1n) is 9.84. The van der Waals surface area contributed by atoms with E-state index in [0.29, 0.717) is 12.0 Å². The second-order valence-electron chi connectivity index (χ2n) is 8.51. The van der Waals surface area contributed by atoms with Crippen LogP contribution in [0.2, 0.25) is 0 Å². The quantitative estimate of drug-likeness (QED) is 0.717. The van der Waals surface area contributed by atoms with Crippen molar-refractivity contribution < 1.29 is 14.3 Å². The number of Topliss-reactive ketones (excluding diaryl/α,β-unsaturated/α-hetero) is 1. The molecule has 2 heterocycles. The fourth-order valence-electron chi connectivity index (χ4n) is 4.25. The molecule has 0 bridgehead atoms. The third-order valence-electron chi connectivity index (χ3n) is 5.50. The molecule has 1 N–H and O–H groups in total. The number of nitrogens with one attached hydrogen (secondary N) is 1. The largest absolute Gasteiger partial charge is 0.457 e. The van der Waals surface area contributed by atoms with E-state index >= 15 is 0 Å². The van der Waals surface area contributed by atoms with Crippen molar-refractivity contribution in [3.8, 4) is 0 Å². The molecule has 1 atom stereocenters. The molecule has 2 aromatic rings. The summed E-state index contributed by atoms with van der Waals surface area (Å²) in [6, 6.07) is 13.6. The van der Waals surface area contributed by atoms with E-state index in [4.69, 9.17) is 4.74 Å². The van der Waals surface area contributed by atoms with Crippen LogP contribution in [-0.2, 0) is 20.9 Å². The maximum absolute atomic E-state index is 13.1. The molecule has 0 amide bonds. The van der Waals surface area contributed by atoms with Gasteiger partial charge in [-0.2, -0.15) is 0 Å². The van der Waals surface area contributed by atoms with Gasteiger partial charge in [-0.1, -0.05) is 50.2 Å². The molecule has 1 aliphatic carbocycles. The van der Waals surface area contributed by atoms with Crippen molar-refractivity contribution in [2.75, 3.05) is 0 Å². The molecule has 150 valence electrons. The van der Waals surface area contributed by atoms with Crippen LogP contribution >= 0.6 is 11.3 Å². The van der Waals surface area contributed by atoms with Crippen molar-refractivity contribution in [3.63, 3.8) is 0 Å². The summed E-state index contributed by atoms with van der Waals surface area (Å²) in [5.41, 5.74) is 3.83. The molecule has 0 saturated carbocycles. The molecule has 2 aliphatic rings. The van der Waals surface area contributed by atoms with Crippen LogP contribution in [0.25, 0.3) is 0 Å². The SMILES string of the molecule is CC1=C(C(=O)OCc2ccccc2)[C@H](c2cccs2)C2=C(CC(C)(C)CC2=O)N1. The number of ketones is 1. The number of allylic oxidation sites excluding steroid dienone is 3. The molecule has 1 aromatic carbocycles. The molecule has 1 aliphatic heterocycles. The third kappa shape index (κ3) is 3.92. The van der Waals surface area contributed by atoms with Crippen molar-refractivity contribution in [2.45, 2.75) is 46.1 Å². The number of dihydropyridines is 1. The monoisotopic (exact) mass is 407 g/mol. The van der Waals surface area contributed by atoms with Crippen LogP contribution in [-0.4, -0.2) is 11.8 Å². The van der Waals surface area contributed by atoms with Crippen LogP contribution in [0, 0.1) is 5.41 Å². The lowest BCUT2D eigenvalue weighted by molar-refractivity contribution is -0.140. The number of carbonyl (C=O) groups excluding carboxylic acids is 2. The Morgan fingerprint density at radius 1 is 1.17 bits per heavy atom. The Bertz CT molecular complexity index is 1000. The van der Waals surface area contributed by atoms with E-state index in [0.717, 1.165) is 33.8 Å². The summed E-state index contributed by atoms with van der Waals surface area (Å²) in [5, 5.41) is 5.35. The van der Waals surface area contributed by atoms with Gasteiger partial charge in [0.05, 0.1) is 11.5 Å². The van der Waals surface area contributed by atoms with Crippen molar-refractivity contribution in [1.82, 2.24) is 5.32 Å². The molecule has 0 radical (unpaired) electrons. The Morgan fingerprint density at radius 2 is 1.93 bits per heavy atom. The topological polar surface area (TPSA) is 55.4 Å². The van der Waals surface area contributed by atoms with Gasteiger partial charge in [0.1, 0.15) is 6.61 Å². The van der Waals surface area contributed by atoms with Gasteiger partial charge in [0.15, 0.2) is 5.78 Å². The summed E-state index contributed by atoms with van der Waals surface area (Å²) in [7, 11) is 0. The molecule has 0 unspecified atom stereocenters. The molecule has 4 nitrogen and oxygen atoms in total. The van der Waals surface area contributed by atoms with Crippen LogP contribution < -0.4 is 5.32 Å². The highest BCUT2D eigenvalue weighted by atomic mass is 32.1. The van der Waals surface area contributed by atoms with Gasteiger partial charge in [-0.25, -0.2) is 4.79 Å². The van der Waals surface area contributed by atoms with E-state index in [-0.39, 0.29) is 29.7 Å². The standard InChI is InChI=1S/C24H25NO3S/c1-15-20(23(27)28-14-16-8-5-4-6-9-16)22(19-10-7-11-29-19)21-17(25-15)12-24(2,3)13-18(21)26/h4-11,22,25H,12-14H2,1-3H3/t22-/m0/s1. The summed E-state index contributed by atoms with van der Waals surface area (Å²) < 4.78 is 5.66. The van der Waals surface area contributed by atoms with Crippen LogP contribution in [0.4, 0.5) is 0 Å². The summed E-state index contributed by atoms with van der Waals surface area (Å²) in [5.74, 6) is -0.623. The number of hydrogen-bond acceptors (Lipinski definition) is 5. The number of esters is 1. The first-order valence-corrected chi connectivity index (χ1v) is 10.7. The van der Waals surface area contributed by atoms with Crippen LogP contribution in [0.5, 0.6) is 0 Å². The van der Waals surface area contributed by atoms with Gasteiger partial charge in [-0.3, -0.25) is 4.79 Å². The van der Waals surface area contributed by atoms with E-state index in [9.17, 15) is 9.59 Å². The normalized spacial score (nSPS) is 20.9. The predicted molar refractivity (Wildman–Crippen MR) is 114 cm³/mol. The molecule has 1 aromatic heterocycles. The number of ether oxygens (including phenoxy) is 1. The number of hydrogen-bond donors (Lipinski definition) is 1. The third-order valence-corrected chi connectivity index (χ3v) is 6.44. The molecular weight excluding hydrogens is 382 g/mol. The fourth-order valence-corrected chi connectivity index (χ4v) is 5.09. The van der Waals surface area contributed by atoms with Gasteiger partial charge >= 0.3 is 5.97 Å². The second-order valence-corrected chi connectivity index (χ2v) is 9.49. The number of rotatable bonds is 4. The number of benzene rings is 1. The Labute approximate surface area is 175 Å². The highest BCUT2D eigenvalue weighted by Crippen LogP contribution is 2.47. The molecule has 4 rings (SSSR count). The predicted octanol–water partition coefficient (Wildman–Crippen LogP) is 5.10. The molecule has 0 spiro atoms. The molecule has 0 saturated heterocycles. The van der Waals surface area contributed by atoms with Crippen LogP contribution in [0.3, 0.4) is 0 Å². The summed E-state index contributed by atoms with van der Waals surface area (Å²) in [4.78, 5) is 27.3. The maximum Gasteiger partial charge on any atom is 0.337 e. The van der Waals surface area contributed by atoms with Gasteiger partial charge in [0.25, 0.3) is 0 Å². The van der Waals surface area contributed by atoms with Crippen LogP contribution in [0.1, 0.15) is 50.0 Å². The van der Waals surface area contributed by atoms with E-state index in [1.54, 1.807) is 11.3 Å². The lowest BCUT2D eigenvalue weighted by Crippen LogP contribution is -2.38. The smallest absolute Gasteiger partial charge is 0.337 e. The second kappa shape index (κ2) is 7.64. The minimum Gasteiger partial charge on any atom is -0.457 e. The van der Waals surface area contributed by atoms with Crippen LogP contribution in [0.15, 0.2) is 70.4 Å². The van der Waals surface area contributed by atoms with Crippen molar-refractivity contribution in [2.24, 2.45) is 5.41 Å². The minimum absolute atomic E-state index is 0.0888. The minimum atomic E-state index is -0.374. The van der Waals surface area contributed by atoms with Crippen molar-refractivity contribution in [3.05, 3.63) is 80.8 Å². The summed E-state index contributed by atoms with van der Waals surface area (Å²) in [6.07, 6.45) is 1.28. The van der Waals surface area contributed by atoms with E-state index in [1.165, 1.54) is 0 Å². The van der Waals surface area contributed by atoms with Gasteiger partial charge in [0, 0.05) is 28.3 Å². The van der Waals surface area contributed by atoms with E-state index in [2.05, 4.69) is 19.2 Å². The van der Waals surface area contributed by atoms with Gasteiger partial charge in [0.2, 0.25) is 0 Å². The zero-order valence-corrected chi connectivity index (χ0v) is 17.8. The lowest BCUT2D eigenvalue weighted by atomic mass is 9.70. The Hall–Kier alpha value is -2.66. The molecule has 0 fully saturated rings. The Morgan fingerprint density at radius 3 is 2.62 bits per heavy atom. The molecule has 29 heavy (non-hydrogen) atoms. The molecular formula is C24H25NO3S. The number of carbonyl (C=O) groups is 2. The Kier molecular flexibility index (Phi) is 5.17. The highest BCUT2D eigenvalue weighted by Gasteiger charge is 2.43. The van der Waals surface area contributed by atoms with Crippen molar-refractivity contribution in [1.29, 1.82) is 0 Å². The fraction of sp³-hybridized carbons (Fsp3) is 0.333. The van der Waals surface area contributed by atoms with Gasteiger partial charge in [-0.15, -0.1) is 11.3 Å². The number of thiophene rings is 1. The van der Waals surface area contributed by atoms with E-state index in [1.807, 2.05) is 54.8 Å². The highest BCUT2D eigenvalue weighted by molar-refractivity contribution is 7.10. The zero-order chi connectivity index (χ0) is 20.6. The lowest BCUT2D eigenvalue weighted by Gasteiger charge is -2.39. The van der Waals surface area contributed by atoms with E-state index < -0.39 is 0 Å². The average molecular weight is 408 g/mol. The molecule has 5 heteroatoms.